The van der Waals surface area contributed by atoms with Crippen LogP contribution in [0.4, 0.5) is 0 Å². The number of guanidine groups is 1. The lowest BCUT2D eigenvalue weighted by Gasteiger charge is -2.12. The molecule has 0 aliphatic heterocycles. The molecule has 6 nitrogen and oxygen atoms in total. The molecule has 0 aliphatic carbocycles. The van der Waals surface area contributed by atoms with Crippen molar-refractivity contribution in [3.05, 3.63) is 28.8 Å². The predicted octanol–water partition coefficient (Wildman–Crippen LogP) is 2.46. The minimum absolute atomic E-state index is 0.514. The summed E-state index contributed by atoms with van der Waals surface area (Å²) in [6.07, 6.45) is 0.901. The van der Waals surface area contributed by atoms with Gasteiger partial charge in [-0.1, -0.05) is 17.7 Å². The van der Waals surface area contributed by atoms with Crippen LogP contribution in [0, 0.1) is 0 Å². The van der Waals surface area contributed by atoms with Crippen LogP contribution in [0.3, 0.4) is 0 Å². The standard InChI is InChI=1S/C17H28ClN3O3/c1-4-19-17(20-8-5-9-24-11-10-22-2)21-13-14-6-7-15(18)12-16(14)23-3/h6-7,12H,4-5,8-11,13H2,1-3H3,(H2,19,20,21). The topological polar surface area (TPSA) is 64.1 Å². The van der Waals surface area contributed by atoms with Crippen LogP contribution in [-0.2, 0) is 16.0 Å². The summed E-state index contributed by atoms with van der Waals surface area (Å²) in [6, 6.07) is 5.56. The van der Waals surface area contributed by atoms with Crippen LogP contribution < -0.4 is 15.4 Å². The number of hydrogen-bond donors (Lipinski definition) is 2. The summed E-state index contributed by atoms with van der Waals surface area (Å²) in [6.45, 7) is 6.08. The van der Waals surface area contributed by atoms with E-state index in [2.05, 4.69) is 15.6 Å². The Bertz CT molecular complexity index is 498. The Morgan fingerprint density at radius 1 is 1.17 bits per heavy atom. The van der Waals surface area contributed by atoms with Crippen molar-refractivity contribution in [1.82, 2.24) is 10.6 Å². The molecule has 0 aliphatic rings. The van der Waals surface area contributed by atoms with E-state index >= 15 is 0 Å². The van der Waals surface area contributed by atoms with Crippen LogP contribution in [0.15, 0.2) is 23.2 Å². The minimum atomic E-state index is 0.514. The summed E-state index contributed by atoms with van der Waals surface area (Å²) in [5.74, 6) is 1.51. The Hall–Kier alpha value is -1.50. The second-order valence-electron chi connectivity index (χ2n) is 5.04. The number of nitrogens with one attached hydrogen (secondary N) is 2. The predicted molar refractivity (Wildman–Crippen MR) is 98.1 cm³/mol. The van der Waals surface area contributed by atoms with Gasteiger partial charge in [-0.15, -0.1) is 0 Å². The van der Waals surface area contributed by atoms with Crippen molar-refractivity contribution in [2.45, 2.75) is 19.9 Å². The van der Waals surface area contributed by atoms with E-state index in [9.17, 15) is 0 Å². The fourth-order valence-electron chi connectivity index (χ4n) is 1.98. The molecule has 0 saturated carbocycles. The van der Waals surface area contributed by atoms with Crippen LogP contribution in [0.2, 0.25) is 5.02 Å². The lowest BCUT2D eigenvalue weighted by molar-refractivity contribution is 0.0698. The number of methoxy groups -OCH3 is 2. The van der Waals surface area contributed by atoms with Crippen molar-refractivity contribution >= 4 is 17.6 Å². The summed E-state index contributed by atoms with van der Waals surface area (Å²) < 4.78 is 15.7. The molecule has 0 bridgehead atoms. The molecule has 0 heterocycles. The third-order valence-corrected chi connectivity index (χ3v) is 3.43. The van der Waals surface area contributed by atoms with Gasteiger partial charge in [0, 0.05) is 37.4 Å². The average Bonchev–Trinajstić information content (AvgIpc) is 2.59. The SMILES string of the molecule is CCNC(=NCc1ccc(Cl)cc1OC)NCCCOCCOC. The van der Waals surface area contributed by atoms with Gasteiger partial charge in [-0.3, -0.25) is 0 Å². The fourth-order valence-corrected chi connectivity index (χ4v) is 2.14. The molecule has 1 rings (SSSR count). The Morgan fingerprint density at radius 2 is 2.00 bits per heavy atom. The Balaban J connectivity index is 2.45. The summed E-state index contributed by atoms with van der Waals surface area (Å²) in [7, 11) is 3.30. The van der Waals surface area contributed by atoms with Gasteiger partial charge in [0.25, 0.3) is 0 Å². The lowest BCUT2D eigenvalue weighted by atomic mass is 10.2. The number of benzene rings is 1. The van der Waals surface area contributed by atoms with Crippen molar-refractivity contribution in [2.24, 2.45) is 4.99 Å². The second-order valence-corrected chi connectivity index (χ2v) is 5.47. The molecule has 0 amide bonds. The maximum atomic E-state index is 5.98. The van der Waals surface area contributed by atoms with Gasteiger partial charge < -0.3 is 24.8 Å². The molecule has 0 fully saturated rings. The molecule has 1 aromatic carbocycles. The first kappa shape index (κ1) is 20.5. The number of nitrogens with zero attached hydrogens (tertiary/aromatic N) is 1. The molecular weight excluding hydrogens is 330 g/mol. The third-order valence-electron chi connectivity index (χ3n) is 3.19. The van der Waals surface area contributed by atoms with Gasteiger partial charge in [0.1, 0.15) is 5.75 Å². The normalized spacial score (nSPS) is 11.4. The number of halogens is 1. The average molecular weight is 358 g/mol. The highest BCUT2D eigenvalue weighted by atomic mass is 35.5. The highest BCUT2D eigenvalue weighted by Crippen LogP contribution is 2.23. The van der Waals surface area contributed by atoms with Crippen LogP contribution >= 0.6 is 11.6 Å². The van der Waals surface area contributed by atoms with Gasteiger partial charge >= 0.3 is 0 Å². The molecule has 0 unspecified atom stereocenters. The second kappa shape index (κ2) is 12.9. The van der Waals surface area contributed by atoms with Crippen LogP contribution in [0.5, 0.6) is 5.75 Å². The maximum Gasteiger partial charge on any atom is 0.191 e. The zero-order valence-electron chi connectivity index (χ0n) is 14.7. The van der Waals surface area contributed by atoms with E-state index < -0.39 is 0 Å². The zero-order valence-corrected chi connectivity index (χ0v) is 15.5. The first-order valence-corrected chi connectivity index (χ1v) is 8.50. The summed E-state index contributed by atoms with van der Waals surface area (Å²) in [4.78, 5) is 4.58. The van der Waals surface area contributed by atoms with E-state index in [0.29, 0.717) is 31.4 Å². The molecule has 24 heavy (non-hydrogen) atoms. The molecule has 0 aromatic heterocycles. The zero-order chi connectivity index (χ0) is 17.6. The third kappa shape index (κ3) is 8.38. The largest absolute Gasteiger partial charge is 0.496 e. The van der Waals surface area contributed by atoms with E-state index in [1.807, 2.05) is 19.1 Å². The molecule has 0 spiro atoms. The van der Waals surface area contributed by atoms with E-state index in [4.69, 9.17) is 25.8 Å². The number of hydrogen-bond acceptors (Lipinski definition) is 4. The lowest BCUT2D eigenvalue weighted by Crippen LogP contribution is -2.38. The molecule has 1 aromatic rings. The number of aliphatic imine (C=N–C) groups is 1. The van der Waals surface area contributed by atoms with Crippen molar-refractivity contribution in [1.29, 1.82) is 0 Å². The summed E-state index contributed by atoms with van der Waals surface area (Å²) in [5.41, 5.74) is 0.988. The quantitative estimate of drug-likeness (QED) is 0.362. The van der Waals surface area contributed by atoms with E-state index in [1.165, 1.54) is 0 Å². The minimum Gasteiger partial charge on any atom is -0.496 e. The van der Waals surface area contributed by atoms with Gasteiger partial charge in [-0.05, 0) is 25.5 Å². The van der Waals surface area contributed by atoms with Gasteiger partial charge in [-0.2, -0.15) is 0 Å². The van der Waals surface area contributed by atoms with Crippen molar-refractivity contribution in [3.8, 4) is 5.75 Å². The van der Waals surface area contributed by atoms with Crippen LogP contribution in [0.25, 0.3) is 0 Å². The van der Waals surface area contributed by atoms with Gasteiger partial charge in [-0.25, -0.2) is 4.99 Å². The smallest absolute Gasteiger partial charge is 0.191 e. The van der Waals surface area contributed by atoms with E-state index in [0.717, 1.165) is 36.8 Å². The summed E-state index contributed by atoms with van der Waals surface area (Å²) in [5, 5.41) is 7.17. The van der Waals surface area contributed by atoms with Gasteiger partial charge in [0.05, 0.1) is 26.9 Å². The Morgan fingerprint density at radius 3 is 2.71 bits per heavy atom. The molecule has 0 radical (unpaired) electrons. The summed E-state index contributed by atoms with van der Waals surface area (Å²) >= 11 is 5.98. The van der Waals surface area contributed by atoms with Gasteiger partial charge in [0.15, 0.2) is 5.96 Å². The van der Waals surface area contributed by atoms with E-state index in [1.54, 1.807) is 20.3 Å². The first-order valence-electron chi connectivity index (χ1n) is 8.12. The fraction of sp³-hybridized carbons (Fsp3) is 0.588. The first-order chi connectivity index (χ1) is 11.7. The van der Waals surface area contributed by atoms with Crippen LogP contribution in [0.1, 0.15) is 18.9 Å². The Labute approximate surface area is 149 Å². The monoisotopic (exact) mass is 357 g/mol. The number of ether oxygens (including phenoxy) is 3. The molecule has 0 saturated heterocycles. The van der Waals surface area contributed by atoms with Crippen molar-refractivity contribution in [2.75, 3.05) is 47.1 Å². The molecule has 2 N–H and O–H groups in total. The maximum absolute atomic E-state index is 5.98. The van der Waals surface area contributed by atoms with Crippen molar-refractivity contribution in [3.63, 3.8) is 0 Å². The van der Waals surface area contributed by atoms with Crippen molar-refractivity contribution < 1.29 is 14.2 Å². The molecular formula is C17H28ClN3O3. The highest BCUT2D eigenvalue weighted by molar-refractivity contribution is 6.30. The molecule has 7 heteroatoms. The Kier molecular flexibility index (Phi) is 11.0. The highest BCUT2D eigenvalue weighted by Gasteiger charge is 2.04. The number of rotatable bonds is 11. The van der Waals surface area contributed by atoms with Gasteiger partial charge in [0.2, 0.25) is 0 Å². The molecule has 136 valence electrons. The van der Waals surface area contributed by atoms with E-state index in [-0.39, 0.29) is 0 Å². The molecule has 0 atom stereocenters. The van der Waals surface area contributed by atoms with Crippen LogP contribution in [-0.4, -0.2) is 53.1 Å².